The van der Waals surface area contributed by atoms with Crippen LogP contribution >= 0.6 is 0 Å². The molecule has 3 unspecified atom stereocenters. The van der Waals surface area contributed by atoms with Crippen LogP contribution in [0.5, 0.6) is 0 Å². The molecular weight excluding hydrogens is 436 g/mol. The quantitative estimate of drug-likeness (QED) is 0.648. The molecule has 8 heteroatoms. The van der Waals surface area contributed by atoms with Crippen LogP contribution in [0.1, 0.15) is 43.7 Å². The van der Waals surface area contributed by atoms with Gasteiger partial charge in [-0.05, 0) is 42.5 Å². The molecule has 0 spiro atoms. The van der Waals surface area contributed by atoms with Crippen molar-refractivity contribution in [1.82, 2.24) is 10.2 Å². The van der Waals surface area contributed by atoms with Gasteiger partial charge in [0.15, 0.2) is 0 Å². The topological polar surface area (TPSA) is 105 Å². The summed E-state index contributed by atoms with van der Waals surface area (Å²) in [5.41, 5.74) is 4.42. The second kappa shape index (κ2) is 10.3. The maximum atomic E-state index is 13.2. The highest BCUT2D eigenvalue weighted by atomic mass is 16.5. The zero-order valence-electron chi connectivity index (χ0n) is 19.4. The van der Waals surface area contributed by atoms with E-state index in [1.165, 1.54) is 0 Å². The van der Waals surface area contributed by atoms with Gasteiger partial charge in [-0.25, -0.2) is 4.79 Å². The third-order valence-electron chi connectivity index (χ3n) is 6.47. The fourth-order valence-corrected chi connectivity index (χ4v) is 4.72. The van der Waals surface area contributed by atoms with Crippen molar-refractivity contribution in [2.75, 3.05) is 19.8 Å². The molecule has 2 aliphatic rings. The minimum Gasteiger partial charge on any atom is -0.481 e. The number of carbonyl (C=O) groups is 3. The zero-order valence-corrected chi connectivity index (χ0v) is 19.4. The number of ether oxygens (including phenoxy) is 2. The highest BCUT2D eigenvalue weighted by Gasteiger charge is 2.34. The maximum absolute atomic E-state index is 13.2. The van der Waals surface area contributed by atoms with Crippen molar-refractivity contribution in [2.24, 2.45) is 0 Å². The first-order valence-electron chi connectivity index (χ1n) is 11.6. The van der Waals surface area contributed by atoms with Crippen molar-refractivity contribution in [3.63, 3.8) is 0 Å². The lowest BCUT2D eigenvalue weighted by atomic mass is 9.98. The number of nitrogens with zero attached hydrogens (tertiary/aromatic N) is 1. The van der Waals surface area contributed by atoms with E-state index in [1.54, 1.807) is 4.90 Å². The Morgan fingerprint density at radius 2 is 1.71 bits per heavy atom. The van der Waals surface area contributed by atoms with E-state index in [0.29, 0.717) is 13.2 Å². The van der Waals surface area contributed by atoms with Crippen LogP contribution in [0, 0.1) is 0 Å². The Balaban J connectivity index is 1.44. The van der Waals surface area contributed by atoms with Crippen molar-refractivity contribution in [3.8, 4) is 11.1 Å². The molecule has 1 saturated heterocycles. The van der Waals surface area contributed by atoms with Gasteiger partial charge < -0.3 is 24.8 Å². The van der Waals surface area contributed by atoms with Gasteiger partial charge in [-0.2, -0.15) is 0 Å². The summed E-state index contributed by atoms with van der Waals surface area (Å²) >= 11 is 0. The van der Waals surface area contributed by atoms with Gasteiger partial charge in [-0.15, -0.1) is 0 Å². The van der Waals surface area contributed by atoms with Gasteiger partial charge >= 0.3 is 12.1 Å². The monoisotopic (exact) mass is 466 g/mol. The average molecular weight is 467 g/mol. The van der Waals surface area contributed by atoms with Crippen LogP contribution in [0.4, 0.5) is 4.79 Å². The smallest absolute Gasteiger partial charge is 0.407 e. The number of alkyl carbamates (subject to hydrolysis) is 1. The van der Waals surface area contributed by atoms with Crippen molar-refractivity contribution in [3.05, 3.63) is 59.7 Å². The summed E-state index contributed by atoms with van der Waals surface area (Å²) in [7, 11) is 0. The Bertz CT molecular complexity index is 1030. The van der Waals surface area contributed by atoms with Gasteiger partial charge in [0.2, 0.25) is 5.91 Å². The van der Waals surface area contributed by atoms with Crippen LogP contribution in [0.25, 0.3) is 11.1 Å². The summed E-state index contributed by atoms with van der Waals surface area (Å²) in [6.45, 7) is 4.63. The van der Waals surface area contributed by atoms with Crippen molar-refractivity contribution in [2.45, 2.75) is 50.8 Å². The van der Waals surface area contributed by atoms with Crippen molar-refractivity contribution >= 4 is 18.0 Å². The van der Waals surface area contributed by atoms with Crippen LogP contribution in [0.2, 0.25) is 0 Å². The predicted octanol–water partition coefficient (Wildman–Crippen LogP) is 3.39. The molecule has 0 radical (unpaired) electrons. The summed E-state index contributed by atoms with van der Waals surface area (Å²) in [4.78, 5) is 38.7. The Morgan fingerprint density at radius 3 is 2.32 bits per heavy atom. The Morgan fingerprint density at radius 1 is 1.09 bits per heavy atom. The predicted molar refractivity (Wildman–Crippen MR) is 125 cm³/mol. The van der Waals surface area contributed by atoms with Gasteiger partial charge in [0.05, 0.1) is 18.8 Å². The molecule has 4 rings (SSSR count). The normalized spacial score (nSPS) is 20.2. The second-order valence-electron chi connectivity index (χ2n) is 8.94. The number of carbonyl (C=O) groups excluding carboxylic acids is 2. The minimum absolute atomic E-state index is 0.0170. The van der Waals surface area contributed by atoms with Gasteiger partial charge in [-0.1, -0.05) is 48.5 Å². The molecule has 1 fully saturated rings. The van der Waals surface area contributed by atoms with Crippen LogP contribution in [0.15, 0.2) is 48.5 Å². The number of rotatable bonds is 7. The number of aliphatic carboxylic acids is 1. The molecule has 1 aliphatic heterocycles. The van der Waals surface area contributed by atoms with Crippen molar-refractivity contribution in [1.29, 1.82) is 0 Å². The van der Waals surface area contributed by atoms with Gasteiger partial charge in [0.1, 0.15) is 12.6 Å². The maximum Gasteiger partial charge on any atom is 0.407 e. The summed E-state index contributed by atoms with van der Waals surface area (Å²) in [5, 5.41) is 11.7. The van der Waals surface area contributed by atoms with E-state index in [0.717, 1.165) is 22.3 Å². The molecule has 1 aliphatic carbocycles. The molecule has 3 atom stereocenters. The molecule has 34 heavy (non-hydrogen) atoms. The first-order chi connectivity index (χ1) is 16.3. The first kappa shape index (κ1) is 23.8. The molecular formula is C26H30N2O6. The second-order valence-corrected chi connectivity index (χ2v) is 8.94. The third-order valence-corrected chi connectivity index (χ3v) is 6.47. The fraction of sp³-hybridized carbons (Fsp3) is 0.423. The van der Waals surface area contributed by atoms with E-state index in [4.69, 9.17) is 14.6 Å². The van der Waals surface area contributed by atoms with Crippen molar-refractivity contribution < 1.29 is 29.0 Å². The van der Waals surface area contributed by atoms with E-state index in [9.17, 15) is 14.4 Å². The molecule has 1 heterocycles. The van der Waals surface area contributed by atoms with Crippen LogP contribution < -0.4 is 5.32 Å². The molecule has 2 aromatic carbocycles. The fourth-order valence-electron chi connectivity index (χ4n) is 4.72. The number of hydrogen-bond donors (Lipinski definition) is 2. The molecule has 0 bridgehead atoms. The molecule has 0 saturated carbocycles. The number of morpholine rings is 1. The summed E-state index contributed by atoms with van der Waals surface area (Å²) in [6.07, 6.45) is -1.13. The highest BCUT2D eigenvalue weighted by molar-refractivity contribution is 5.86. The van der Waals surface area contributed by atoms with E-state index in [-0.39, 0.29) is 43.4 Å². The standard InChI is InChI=1S/C26H30N2O6/c1-16-14-33-17(2)13-28(16)25(31)23(11-12-24(29)30)27-26(32)34-15-22-20-9-5-3-7-18(20)19-8-4-6-10-21(19)22/h3-10,16-17,22-23H,11-15H2,1-2H3,(H,27,32)(H,29,30). The van der Waals surface area contributed by atoms with E-state index < -0.39 is 18.1 Å². The zero-order chi connectivity index (χ0) is 24.2. The molecule has 180 valence electrons. The number of nitrogens with one attached hydrogen (secondary N) is 1. The number of carboxylic acids is 1. The molecule has 8 nitrogen and oxygen atoms in total. The van der Waals surface area contributed by atoms with Crippen LogP contribution in [-0.2, 0) is 19.1 Å². The lowest BCUT2D eigenvalue weighted by Gasteiger charge is -2.38. The summed E-state index contributed by atoms with van der Waals surface area (Å²) < 4.78 is 11.2. The van der Waals surface area contributed by atoms with Crippen LogP contribution in [-0.4, -0.2) is 65.9 Å². The SMILES string of the molecule is CC1CN(C(=O)C(CCC(=O)O)NC(=O)OCC2c3ccccc3-c3ccccc32)C(C)CO1. The van der Waals surface area contributed by atoms with E-state index in [2.05, 4.69) is 17.4 Å². The Hall–Kier alpha value is -3.39. The highest BCUT2D eigenvalue weighted by Crippen LogP contribution is 2.44. The van der Waals surface area contributed by atoms with E-state index >= 15 is 0 Å². The third kappa shape index (κ3) is 5.07. The first-order valence-corrected chi connectivity index (χ1v) is 11.6. The minimum atomic E-state index is -1.03. The largest absolute Gasteiger partial charge is 0.481 e. The lowest BCUT2D eigenvalue weighted by molar-refractivity contribution is -0.146. The number of amides is 2. The van der Waals surface area contributed by atoms with E-state index in [1.807, 2.05) is 50.2 Å². The number of fused-ring (bicyclic) bond motifs is 3. The molecule has 2 amide bonds. The van der Waals surface area contributed by atoms with Crippen LogP contribution in [0.3, 0.4) is 0 Å². The summed E-state index contributed by atoms with van der Waals surface area (Å²) in [5.74, 6) is -1.46. The summed E-state index contributed by atoms with van der Waals surface area (Å²) in [6, 6.07) is 14.9. The number of hydrogen-bond acceptors (Lipinski definition) is 5. The molecule has 2 N–H and O–H groups in total. The van der Waals surface area contributed by atoms with Gasteiger partial charge in [0, 0.05) is 18.9 Å². The van der Waals surface area contributed by atoms with Gasteiger partial charge in [0.25, 0.3) is 0 Å². The average Bonchev–Trinajstić information content (AvgIpc) is 3.15. The Kier molecular flexibility index (Phi) is 7.17. The molecule has 0 aromatic heterocycles. The molecule has 2 aromatic rings. The lowest BCUT2D eigenvalue weighted by Crippen LogP contribution is -2.56. The van der Waals surface area contributed by atoms with Gasteiger partial charge in [-0.3, -0.25) is 9.59 Å². The number of carboxylic acid groups (broad SMARTS) is 1. The number of benzene rings is 2. The Labute approximate surface area is 198 Å².